The number of piperidine rings is 1. The molecule has 2 heterocycles. The van der Waals surface area contributed by atoms with Gasteiger partial charge in [0.05, 0.1) is 5.69 Å². The minimum atomic E-state index is 0.143. The average molecular weight is 367 g/mol. The summed E-state index contributed by atoms with van der Waals surface area (Å²) in [6.07, 6.45) is 5.04. The molecule has 1 aromatic heterocycles. The molecule has 1 unspecified atom stereocenters. The number of fused-ring (bicyclic) bond motifs is 1. The number of likely N-dealkylation sites (tertiary alicyclic amines) is 1. The fraction of sp³-hybridized carbons (Fsp3) is 0.545. The standard InChI is InChI=1S/C22H30N4O/c1-16-12-17(2)26(24-16)11-9-22(27)23-20-8-5-10-25(15-20)21-13-18-6-3-4-7-19(18)14-21/h3-4,6-7,12,20-21H,5,8-11,13-15H2,1-2H3,(H,23,27). The van der Waals surface area contributed by atoms with Crippen molar-refractivity contribution in [1.29, 1.82) is 0 Å². The molecule has 1 atom stereocenters. The third-order valence-corrected chi connectivity index (χ3v) is 6.02. The number of benzene rings is 1. The fourth-order valence-corrected chi connectivity index (χ4v) is 4.66. The van der Waals surface area contributed by atoms with Crippen molar-refractivity contribution < 1.29 is 4.79 Å². The van der Waals surface area contributed by atoms with Gasteiger partial charge in [0.2, 0.25) is 5.91 Å². The second-order valence-corrected chi connectivity index (χ2v) is 8.13. The van der Waals surface area contributed by atoms with Gasteiger partial charge in [0, 0.05) is 37.3 Å². The van der Waals surface area contributed by atoms with Crippen LogP contribution in [-0.2, 0) is 24.2 Å². The Hall–Kier alpha value is -2.14. The van der Waals surface area contributed by atoms with Gasteiger partial charge in [-0.05, 0) is 63.3 Å². The highest BCUT2D eigenvalue weighted by Crippen LogP contribution is 2.27. The van der Waals surface area contributed by atoms with Crippen LogP contribution in [0, 0.1) is 13.8 Å². The van der Waals surface area contributed by atoms with Crippen LogP contribution in [0.4, 0.5) is 0 Å². The molecular weight excluding hydrogens is 336 g/mol. The van der Waals surface area contributed by atoms with Crippen molar-refractivity contribution in [2.75, 3.05) is 13.1 Å². The molecule has 144 valence electrons. The van der Waals surface area contributed by atoms with Gasteiger partial charge in [0.15, 0.2) is 0 Å². The molecule has 27 heavy (non-hydrogen) atoms. The maximum absolute atomic E-state index is 12.4. The Morgan fingerprint density at radius 3 is 2.63 bits per heavy atom. The predicted octanol–water partition coefficient (Wildman–Crippen LogP) is 2.64. The van der Waals surface area contributed by atoms with Crippen LogP contribution in [-0.4, -0.2) is 45.8 Å². The van der Waals surface area contributed by atoms with Gasteiger partial charge in [-0.15, -0.1) is 0 Å². The normalized spacial score (nSPS) is 20.6. The monoisotopic (exact) mass is 366 g/mol. The zero-order valence-corrected chi connectivity index (χ0v) is 16.4. The summed E-state index contributed by atoms with van der Waals surface area (Å²) in [5.74, 6) is 0.143. The molecule has 1 aliphatic carbocycles. The highest BCUT2D eigenvalue weighted by molar-refractivity contribution is 5.76. The quantitative estimate of drug-likeness (QED) is 0.885. The van der Waals surface area contributed by atoms with Crippen LogP contribution < -0.4 is 5.32 Å². The zero-order valence-electron chi connectivity index (χ0n) is 16.4. The smallest absolute Gasteiger partial charge is 0.222 e. The Morgan fingerprint density at radius 2 is 1.96 bits per heavy atom. The first-order chi connectivity index (χ1) is 13.1. The molecule has 1 aliphatic heterocycles. The van der Waals surface area contributed by atoms with Crippen molar-refractivity contribution in [3.8, 4) is 0 Å². The van der Waals surface area contributed by atoms with Crippen molar-refractivity contribution in [1.82, 2.24) is 20.0 Å². The molecular formula is C22H30N4O. The third-order valence-electron chi connectivity index (χ3n) is 6.02. The largest absolute Gasteiger partial charge is 0.352 e. The SMILES string of the molecule is Cc1cc(C)n(CCC(=O)NC2CCCN(C3Cc4ccccc4C3)C2)n1. The van der Waals surface area contributed by atoms with E-state index in [1.54, 1.807) is 0 Å². The molecule has 1 N–H and O–H groups in total. The molecule has 0 bridgehead atoms. The van der Waals surface area contributed by atoms with Crippen LogP contribution in [0.3, 0.4) is 0 Å². The van der Waals surface area contributed by atoms with Gasteiger partial charge < -0.3 is 5.32 Å². The highest BCUT2D eigenvalue weighted by atomic mass is 16.1. The summed E-state index contributed by atoms with van der Waals surface area (Å²) in [6.45, 7) is 6.80. The minimum absolute atomic E-state index is 0.143. The zero-order chi connectivity index (χ0) is 18.8. The summed E-state index contributed by atoms with van der Waals surface area (Å²) in [5.41, 5.74) is 5.12. The van der Waals surface area contributed by atoms with Crippen molar-refractivity contribution >= 4 is 5.91 Å². The van der Waals surface area contributed by atoms with Gasteiger partial charge in [0.1, 0.15) is 0 Å². The average Bonchev–Trinajstić information content (AvgIpc) is 3.22. The van der Waals surface area contributed by atoms with Crippen molar-refractivity contribution in [2.24, 2.45) is 0 Å². The number of carbonyl (C=O) groups is 1. The number of hydrogen-bond acceptors (Lipinski definition) is 3. The Balaban J connectivity index is 1.27. The van der Waals surface area contributed by atoms with Crippen LogP contribution >= 0.6 is 0 Å². The topological polar surface area (TPSA) is 50.2 Å². The lowest BCUT2D eigenvalue weighted by Gasteiger charge is -2.37. The molecule has 1 aromatic carbocycles. The second-order valence-electron chi connectivity index (χ2n) is 8.13. The molecule has 2 aliphatic rings. The van der Waals surface area contributed by atoms with E-state index in [0.29, 0.717) is 19.0 Å². The Labute approximate surface area is 161 Å². The van der Waals surface area contributed by atoms with Gasteiger partial charge in [-0.1, -0.05) is 24.3 Å². The lowest BCUT2D eigenvalue weighted by molar-refractivity contribution is -0.122. The first-order valence-electron chi connectivity index (χ1n) is 10.2. The molecule has 5 heteroatoms. The van der Waals surface area contributed by atoms with Gasteiger partial charge in [0.25, 0.3) is 0 Å². The second kappa shape index (κ2) is 7.85. The van der Waals surface area contributed by atoms with Crippen LogP contribution in [0.25, 0.3) is 0 Å². The van der Waals surface area contributed by atoms with Crippen LogP contribution in [0.2, 0.25) is 0 Å². The van der Waals surface area contributed by atoms with Crippen molar-refractivity contribution in [3.05, 3.63) is 52.8 Å². The van der Waals surface area contributed by atoms with Crippen LogP contribution in [0.5, 0.6) is 0 Å². The molecule has 0 radical (unpaired) electrons. The van der Waals surface area contributed by atoms with E-state index in [4.69, 9.17) is 0 Å². The molecule has 0 saturated carbocycles. The number of nitrogens with one attached hydrogen (secondary N) is 1. The predicted molar refractivity (Wildman–Crippen MR) is 107 cm³/mol. The molecule has 2 aromatic rings. The number of amides is 1. The van der Waals surface area contributed by atoms with Gasteiger partial charge >= 0.3 is 0 Å². The summed E-state index contributed by atoms with van der Waals surface area (Å²) >= 11 is 0. The number of rotatable bonds is 5. The van der Waals surface area contributed by atoms with Gasteiger partial charge in [-0.25, -0.2) is 0 Å². The maximum Gasteiger partial charge on any atom is 0.222 e. The van der Waals surface area contributed by atoms with E-state index in [-0.39, 0.29) is 11.9 Å². The van der Waals surface area contributed by atoms with Crippen molar-refractivity contribution in [2.45, 2.75) is 64.6 Å². The fourth-order valence-electron chi connectivity index (χ4n) is 4.66. The van der Waals surface area contributed by atoms with E-state index >= 15 is 0 Å². The van der Waals surface area contributed by atoms with Crippen LogP contribution in [0.1, 0.15) is 41.8 Å². The highest BCUT2D eigenvalue weighted by Gasteiger charge is 2.30. The van der Waals surface area contributed by atoms with Crippen LogP contribution in [0.15, 0.2) is 30.3 Å². The number of aromatic nitrogens is 2. The van der Waals surface area contributed by atoms with E-state index < -0.39 is 0 Å². The molecule has 0 spiro atoms. The molecule has 5 nitrogen and oxygen atoms in total. The summed E-state index contributed by atoms with van der Waals surface area (Å²) < 4.78 is 1.93. The molecule has 1 amide bonds. The van der Waals surface area contributed by atoms with E-state index in [1.807, 2.05) is 18.5 Å². The molecule has 1 fully saturated rings. The number of hydrogen-bond donors (Lipinski definition) is 1. The van der Waals surface area contributed by atoms with Gasteiger partial charge in [-0.2, -0.15) is 5.10 Å². The van der Waals surface area contributed by atoms with Crippen molar-refractivity contribution in [3.63, 3.8) is 0 Å². The summed E-state index contributed by atoms with van der Waals surface area (Å²) in [6, 6.07) is 11.7. The Bertz CT molecular complexity index is 787. The molecule has 4 rings (SSSR count). The van der Waals surface area contributed by atoms with E-state index in [0.717, 1.165) is 50.2 Å². The maximum atomic E-state index is 12.4. The summed E-state index contributed by atoms with van der Waals surface area (Å²) in [4.78, 5) is 15.0. The van der Waals surface area contributed by atoms with E-state index in [9.17, 15) is 4.79 Å². The lowest BCUT2D eigenvalue weighted by Crippen LogP contribution is -2.51. The number of nitrogens with zero attached hydrogens (tertiary/aromatic N) is 3. The van der Waals surface area contributed by atoms with E-state index in [2.05, 4.69) is 45.6 Å². The lowest BCUT2D eigenvalue weighted by atomic mass is 10.0. The first kappa shape index (κ1) is 18.2. The number of carbonyl (C=O) groups excluding carboxylic acids is 1. The van der Waals surface area contributed by atoms with E-state index in [1.165, 1.54) is 11.1 Å². The summed E-state index contributed by atoms with van der Waals surface area (Å²) in [5, 5.41) is 7.71. The Morgan fingerprint density at radius 1 is 1.22 bits per heavy atom. The Kier molecular flexibility index (Phi) is 5.30. The summed E-state index contributed by atoms with van der Waals surface area (Å²) in [7, 11) is 0. The molecule has 1 saturated heterocycles. The minimum Gasteiger partial charge on any atom is -0.352 e. The number of aryl methyl sites for hydroxylation is 3. The first-order valence-corrected chi connectivity index (χ1v) is 10.2. The van der Waals surface area contributed by atoms with Gasteiger partial charge in [-0.3, -0.25) is 14.4 Å². The third kappa shape index (κ3) is 4.24.